The van der Waals surface area contributed by atoms with Crippen molar-refractivity contribution >= 4 is 16.9 Å². The van der Waals surface area contributed by atoms with E-state index < -0.39 is 0 Å². The first kappa shape index (κ1) is 21.1. The van der Waals surface area contributed by atoms with Crippen molar-refractivity contribution in [1.82, 2.24) is 14.5 Å². The summed E-state index contributed by atoms with van der Waals surface area (Å²) >= 11 is 0. The van der Waals surface area contributed by atoms with E-state index in [9.17, 15) is 4.79 Å². The van der Waals surface area contributed by atoms with Gasteiger partial charge in [0.1, 0.15) is 6.33 Å². The summed E-state index contributed by atoms with van der Waals surface area (Å²) < 4.78 is 12.9. The number of aryl methyl sites for hydroxylation is 2. The van der Waals surface area contributed by atoms with E-state index in [1.165, 1.54) is 16.7 Å². The lowest BCUT2D eigenvalue weighted by molar-refractivity contribution is 0.0734. The van der Waals surface area contributed by atoms with E-state index in [2.05, 4.69) is 41.6 Å². The summed E-state index contributed by atoms with van der Waals surface area (Å²) in [5, 5.41) is 0. The van der Waals surface area contributed by atoms with Crippen molar-refractivity contribution in [3.63, 3.8) is 0 Å². The highest BCUT2D eigenvalue weighted by Crippen LogP contribution is 2.33. The Balaban J connectivity index is 1.43. The first-order chi connectivity index (χ1) is 16.0. The molecule has 3 aromatic carbocycles. The molecule has 1 aliphatic rings. The topological polar surface area (TPSA) is 56.6 Å². The van der Waals surface area contributed by atoms with Crippen molar-refractivity contribution in [1.29, 1.82) is 0 Å². The van der Waals surface area contributed by atoms with Gasteiger partial charge in [-0.15, -0.1) is 0 Å². The molecular weight excluding hydrogens is 414 g/mol. The number of carbonyl (C=O) groups excluding carboxylic acids is 1. The number of nitrogens with zero attached hydrogens (tertiary/aromatic N) is 3. The zero-order chi connectivity index (χ0) is 23.1. The summed E-state index contributed by atoms with van der Waals surface area (Å²) in [6.45, 7) is 5.40. The highest BCUT2D eigenvalue weighted by molar-refractivity contribution is 5.97. The van der Waals surface area contributed by atoms with E-state index in [-0.39, 0.29) is 5.91 Å². The summed E-state index contributed by atoms with van der Waals surface area (Å²) in [5.74, 6) is 1.42. The van der Waals surface area contributed by atoms with Gasteiger partial charge in [-0.3, -0.25) is 9.36 Å². The van der Waals surface area contributed by atoms with Gasteiger partial charge in [0, 0.05) is 18.7 Å². The van der Waals surface area contributed by atoms with Crippen molar-refractivity contribution in [2.24, 2.45) is 0 Å². The molecule has 0 aliphatic carbocycles. The molecule has 0 fully saturated rings. The molecule has 0 spiro atoms. The second-order valence-electron chi connectivity index (χ2n) is 8.56. The third-order valence-corrected chi connectivity index (χ3v) is 6.41. The van der Waals surface area contributed by atoms with Crippen LogP contribution in [-0.2, 0) is 13.0 Å². The highest BCUT2D eigenvalue weighted by atomic mass is 16.5. The minimum absolute atomic E-state index is 0.0124. The Labute approximate surface area is 193 Å². The molecule has 6 nitrogen and oxygen atoms in total. The molecule has 168 valence electrons. The molecule has 6 heteroatoms. The molecular formula is C27H27N3O3. The summed E-state index contributed by atoms with van der Waals surface area (Å²) in [6.07, 6.45) is 2.61. The molecule has 0 N–H and O–H groups in total. The Morgan fingerprint density at radius 1 is 0.939 bits per heavy atom. The van der Waals surface area contributed by atoms with Crippen molar-refractivity contribution in [3.05, 3.63) is 82.7 Å². The monoisotopic (exact) mass is 441 g/mol. The van der Waals surface area contributed by atoms with Gasteiger partial charge in [0.05, 0.1) is 30.9 Å². The molecule has 0 bridgehead atoms. The maximum absolute atomic E-state index is 13.3. The van der Waals surface area contributed by atoms with Crippen LogP contribution in [0, 0.1) is 13.8 Å². The molecule has 0 saturated carbocycles. The van der Waals surface area contributed by atoms with Crippen molar-refractivity contribution in [2.45, 2.75) is 26.8 Å². The Morgan fingerprint density at radius 3 is 2.42 bits per heavy atom. The smallest absolute Gasteiger partial charge is 0.254 e. The molecule has 33 heavy (non-hydrogen) atoms. The van der Waals surface area contributed by atoms with E-state index in [1.54, 1.807) is 14.2 Å². The highest BCUT2D eigenvalue weighted by Gasteiger charge is 2.24. The number of amides is 1. The van der Waals surface area contributed by atoms with Crippen LogP contribution in [0.1, 0.15) is 32.6 Å². The summed E-state index contributed by atoms with van der Waals surface area (Å²) in [7, 11) is 3.27. The Hall–Kier alpha value is -3.80. The van der Waals surface area contributed by atoms with Gasteiger partial charge >= 0.3 is 0 Å². The zero-order valence-corrected chi connectivity index (χ0v) is 19.4. The van der Waals surface area contributed by atoms with Crippen LogP contribution in [0.15, 0.2) is 54.9 Å². The van der Waals surface area contributed by atoms with Crippen LogP contribution in [0.5, 0.6) is 11.5 Å². The standard InChI is InChI=1S/C27H27N3O3/c1-17-5-7-23(18(2)11-17)30-16-28-22-12-20(6-8-24(22)30)27(31)29-10-9-19-13-25(32-3)26(33-4)14-21(19)15-29/h5-8,11-14,16H,9-10,15H2,1-4H3. The summed E-state index contributed by atoms with van der Waals surface area (Å²) in [4.78, 5) is 19.8. The first-order valence-electron chi connectivity index (χ1n) is 11.1. The number of ether oxygens (including phenoxy) is 2. The average Bonchev–Trinajstić information content (AvgIpc) is 3.25. The summed E-state index contributed by atoms with van der Waals surface area (Å²) in [5.41, 5.74) is 8.24. The van der Waals surface area contributed by atoms with Crippen molar-refractivity contribution in [2.75, 3.05) is 20.8 Å². The number of imidazole rings is 1. The maximum atomic E-state index is 13.3. The van der Waals surface area contributed by atoms with Crippen LogP contribution in [0.25, 0.3) is 16.7 Å². The first-order valence-corrected chi connectivity index (χ1v) is 11.1. The molecule has 1 aliphatic heterocycles. The zero-order valence-electron chi connectivity index (χ0n) is 19.4. The molecule has 5 rings (SSSR count). The predicted molar refractivity (Wildman–Crippen MR) is 129 cm³/mol. The number of carbonyl (C=O) groups is 1. The molecule has 4 aromatic rings. The van der Waals surface area contributed by atoms with Crippen LogP contribution in [0.3, 0.4) is 0 Å². The minimum Gasteiger partial charge on any atom is -0.493 e. The second-order valence-corrected chi connectivity index (χ2v) is 8.56. The summed E-state index contributed by atoms with van der Waals surface area (Å²) in [6, 6.07) is 16.1. The number of hydrogen-bond acceptors (Lipinski definition) is 4. The second kappa shape index (κ2) is 8.28. The molecule has 0 radical (unpaired) electrons. The van der Waals surface area contributed by atoms with Gasteiger partial charge in [-0.1, -0.05) is 17.7 Å². The number of rotatable bonds is 4. The fourth-order valence-electron chi connectivity index (χ4n) is 4.65. The van der Waals surface area contributed by atoms with Crippen LogP contribution in [-0.4, -0.2) is 41.1 Å². The van der Waals surface area contributed by atoms with Crippen LogP contribution in [0.2, 0.25) is 0 Å². The minimum atomic E-state index is 0.0124. The number of aromatic nitrogens is 2. The Morgan fingerprint density at radius 2 is 1.70 bits per heavy atom. The van der Waals surface area contributed by atoms with E-state index in [0.717, 1.165) is 34.5 Å². The third-order valence-electron chi connectivity index (χ3n) is 6.41. The molecule has 1 aromatic heterocycles. The number of methoxy groups -OCH3 is 2. The van der Waals surface area contributed by atoms with Crippen LogP contribution < -0.4 is 9.47 Å². The lowest BCUT2D eigenvalue weighted by atomic mass is 9.98. The van der Waals surface area contributed by atoms with Gasteiger partial charge in [0.15, 0.2) is 11.5 Å². The molecule has 0 atom stereocenters. The van der Waals surface area contributed by atoms with Gasteiger partial charge in [-0.2, -0.15) is 0 Å². The fourth-order valence-corrected chi connectivity index (χ4v) is 4.65. The van der Waals surface area contributed by atoms with Gasteiger partial charge in [-0.05, 0) is 73.4 Å². The molecule has 0 unspecified atom stereocenters. The van der Waals surface area contributed by atoms with E-state index in [4.69, 9.17) is 9.47 Å². The number of hydrogen-bond donors (Lipinski definition) is 0. The van der Waals surface area contributed by atoms with Crippen molar-refractivity contribution in [3.8, 4) is 17.2 Å². The van der Waals surface area contributed by atoms with Gasteiger partial charge in [0.25, 0.3) is 5.91 Å². The van der Waals surface area contributed by atoms with Crippen LogP contribution in [0.4, 0.5) is 0 Å². The van der Waals surface area contributed by atoms with E-state index in [0.29, 0.717) is 24.4 Å². The fraction of sp³-hybridized carbons (Fsp3) is 0.259. The largest absolute Gasteiger partial charge is 0.493 e. The van der Waals surface area contributed by atoms with Gasteiger partial charge in [0.2, 0.25) is 0 Å². The normalized spacial score (nSPS) is 13.2. The third kappa shape index (κ3) is 3.71. The Kier molecular flexibility index (Phi) is 5.29. The average molecular weight is 442 g/mol. The SMILES string of the molecule is COc1cc2c(cc1OC)CN(C(=O)c1ccc3c(c1)ncn3-c1ccc(C)cc1C)CC2. The van der Waals surface area contributed by atoms with Gasteiger partial charge < -0.3 is 14.4 Å². The van der Waals surface area contributed by atoms with Gasteiger partial charge in [-0.25, -0.2) is 4.98 Å². The molecule has 2 heterocycles. The van der Waals surface area contributed by atoms with E-state index in [1.807, 2.05) is 41.6 Å². The number of fused-ring (bicyclic) bond motifs is 2. The quantitative estimate of drug-likeness (QED) is 0.454. The lowest BCUT2D eigenvalue weighted by Crippen LogP contribution is -2.36. The predicted octanol–water partition coefficient (Wildman–Crippen LogP) is 4.86. The molecule has 0 saturated heterocycles. The lowest BCUT2D eigenvalue weighted by Gasteiger charge is -2.29. The molecule has 1 amide bonds. The number of benzene rings is 3. The maximum Gasteiger partial charge on any atom is 0.254 e. The van der Waals surface area contributed by atoms with Crippen LogP contribution >= 0.6 is 0 Å². The Bertz CT molecular complexity index is 1370. The van der Waals surface area contributed by atoms with E-state index >= 15 is 0 Å². The van der Waals surface area contributed by atoms with Crippen molar-refractivity contribution < 1.29 is 14.3 Å².